The molecule has 1 N–H and O–H groups in total. The van der Waals surface area contributed by atoms with Crippen LogP contribution in [0.25, 0.3) is 0 Å². The highest BCUT2D eigenvalue weighted by molar-refractivity contribution is 5.91. The van der Waals surface area contributed by atoms with E-state index in [1.165, 1.54) is 12.1 Å². The normalized spacial score (nSPS) is 23.0. The van der Waals surface area contributed by atoms with Crippen LogP contribution >= 0.6 is 0 Å². The molecule has 1 saturated heterocycles. The second kappa shape index (κ2) is 6.97. The third-order valence-electron chi connectivity index (χ3n) is 5.11. The number of likely N-dealkylation sites (tertiary alicyclic amines) is 1. The van der Waals surface area contributed by atoms with Gasteiger partial charge in [0.2, 0.25) is 5.91 Å². The highest BCUT2D eigenvalue weighted by Crippen LogP contribution is 2.48. The SMILES string of the molecule is COCCN1CC[C@@H](CNC(=O)C2(c3ccc(F)cc3)CC2)C1. The van der Waals surface area contributed by atoms with Gasteiger partial charge in [-0.2, -0.15) is 0 Å². The summed E-state index contributed by atoms with van der Waals surface area (Å²) in [7, 11) is 1.72. The van der Waals surface area contributed by atoms with Gasteiger partial charge < -0.3 is 15.0 Å². The summed E-state index contributed by atoms with van der Waals surface area (Å²) in [4.78, 5) is 15.0. The number of nitrogens with one attached hydrogen (secondary N) is 1. The van der Waals surface area contributed by atoms with E-state index in [9.17, 15) is 9.18 Å². The number of ether oxygens (including phenoxy) is 1. The average Bonchev–Trinajstić information content (AvgIpc) is 3.25. The maximum Gasteiger partial charge on any atom is 0.230 e. The minimum absolute atomic E-state index is 0.0967. The Morgan fingerprint density at radius 1 is 1.39 bits per heavy atom. The van der Waals surface area contributed by atoms with Crippen molar-refractivity contribution in [2.75, 3.05) is 39.9 Å². The summed E-state index contributed by atoms with van der Waals surface area (Å²) in [5.74, 6) is 0.353. The number of hydrogen-bond donors (Lipinski definition) is 1. The van der Waals surface area contributed by atoms with E-state index in [0.29, 0.717) is 5.92 Å². The number of nitrogens with zero attached hydrogens (tertiary/aromatic N) is 1. The summed E-state index contributed by atoms with van der Waals surface area (Å²) >= 11 is 0. The maximum atomic E-state index is 13.1. The zero-order valence-corrected chi connectivity index (χ0v) is 13.7. The van der Waals surface area contributed by atoms with E-state index in [2.05, 4.69) is 10.2 Å². The molecule has 2 fully saturated rings. The van der Waals surface area contributed by atoms with E-state index in [0.717, 1.165) is 57.6 Å². The maximum absolute atomic E-state index is 13.1. The Hall–Kier alpha value is -1.46. The highest BCUT2D eigenvalue weighted by Gasteiger charge is 2.51. The molecule has 0 bridgehead atoms. The van der Waals surface area contributed by atoms with E-state index >= 15 is 0 Å². The third-order valence-corrected chi connectivity index (χ3v) is 5.11. The van der Waals surface area contributed by atoms with Crippen LogP contribution < -0.4 is 5.32 Å². The average molecular weight is 320 g/mol. The zero-order chi connectivity index (χ0) is 16.3. The van der Waals surface area contributed by atoms with Crippen LogP contribution in [0.1, 0.15) is 24.8 Å². The lowest BCUT2D eigenvalue weighted by Crippen LogP contribution is -2.38. The molecule has 0 aromatic heterocycles. The predicted molar refractivity (Wildman–Crippen MR) is 86.7 cm³/mol. The van der Waals surface area contributed by atoms with E-state index < -0.39 is 5.41 Å². The largest absolute Gasteiger partial charge is 0.383 e. The fourth-order valence-corrected chi connectivity index (χ4v) is 3.45. The summed E-state index contributed by atoms with van der Waals surface area (Å²) in [6.45, 7) is 4.54. The topological polar surface area (TPSA) is 41.6 Å². The van der Waals surface area contributed by atoms with Gasteiger partial charge in [0, 0.05) is 26.7 Å². The van der Waals surface area contributed by atoms with Crippen molar-refractivity contribution in [3.05, 3.63) is 35.6 Å². The van der Waals surface area contributed by atoms with E-state index in [1.807, 2.05) is 0 Å². The van der Waals surface area contributed by atoms with Crippen molar-refractivity contribution in [3.63, 3.8) is 0 Å². The Bertz CT molecular complexity index is 542. The van der Waals surface area contributed by atoms with Crippen LogP contribution in [-0.4, -0.2) is 50.7 Å². The van der Waals surface area contributed by atoms with Gasteiger partial charge in [-0.25, -0.2) is 4.39 Å². The number of benzene rings is 1. The van der Waals surface area contributed by atoms with E-state index in [-0.39, 0.29) is 11.7 Å². The molecule has 0 spiro atoms. The molecule has 0 unspecified atom stereocenters. The molecule has 5 heteroatoms. The molecule has 1 aromatic rings. The van der Waals surface area contributed by atoms with Crippen LogP contribution in [0.2, 0.25) is 0 Å². The molecular formula is C18H25FN2O2. The van der Waals surface area contributed by atoms with Gasteiger partial charge in [-0.05, 0) is 49.4 Å². The number of methoxy groups -OCH3 is 1. The van der Waals surface area contributed by atoms with Gasteiger partial charge in [0.25, 0.3) is 0 Å². The Labute approximate surface area is 137 Å². The molecule has 2 aliphatic rings. The Kier molecular flexibility index (Phi) is 4.97. The first kappa shape index (κ1) is 16.4. The number of carbonyl (C=O) groups excluding carboxylic acids is 1. The fraction of sp³-hybridized carbons (Fsp3) is 0.611. The molecule has 126 valence electrons. The molecule has 1 aromatic carbocycles. The van der Waals surface area contributed by atoms with Gasteiger partial charge in [-0.15, -0.1) is 0 Å². The van der Waals surface area contributed by atoms with Crippen molar-refractivity contribution in [1.82, 2.24) is 10.2 Å². The Morgan fingerprint density at radius 2 is 2.13 bits per heavy atom. The third kappa shape index (κ3) is 3.72. The van der Waals surface area contributed by atoms with Crippen molar-refractivity contribution < 1.29 is 13.9 Å². The second-order valence-electron chi connectivity index (χ2n) is 6.75. The lowest BCUT2D eigenvalue weighted by Gasteiger charge is -2.19. The summed E-state index contributed by atoms with van der Waals surface area (Å²) in [5, 5.41) is 3.13. The summed E-state index contributed by atoms with van der Waals surface area (Å²) in [5.41, 5.74) is 0.520. The lowest BCUT2D eigenvalue weighted by molar-refractivity contribution is -0.123. The standard InChI is InChI=1S/C18H25FN2O2/c1-23-11-10-21-9-6-14(13-21)12-20-17(22)18(7-8-18)15-2-4-16(19)5-3-15/h2-5,14H,6-13H2,1H3,(H,20,22)/t14-/m0/s1. The van der Waals surface area contributed by atoms with Crippen LogP contribution in [0.3, 0.4) is 0 Å². The van der Waals surface area contributed by atoms with Crippen LogP contribution in [0.5, 0.6) is 0 Å². The van der Waals surface area contributed by atoms with Crippen molar-refractivity contribution in [2.45, 2.75) is 24.7 Å². The van der Waals surface area contributed by atoms with Crippen LogP contribution in [0.4, 0.5) is 4.39 Å². The molecule has 3 rings (SSSR count). The van der Waals surface area contributed by atoms with Crippen LogP contribution in [0, 0.1) is 11.7 Å². The minimum atomic E-state index is -0.415. The molecule has 23 heavy (non-hydrogen) atoms. The monoisotopic (exact) mass is 320 g/mol. The second-order valence-corrected chi connectivity index (χ2v) is 6.75. The summed E-state index contributed by atoms with van der Waals surface area (Å²) in [6.07, 6.45) is 2.83. The molecule has 1 aliphatic carbocycles. The van der Waals surface area contributed by atoms with Crippen LogP contribution in [0.15, 0.2) is 24.3 Å². The van der Waals surface area contributed by atoms with Crippen molar-refractivity contribution in [3.8, 4) is 0 Å². The van der Waals surface area contributed by atoms with Gasteiger partial charge in [-0.1, -0.05) is 12.1 Å². The number of hydrogen-bond acceptors (Lipinski definition) is 3. The van der Waals surface area contributed by atoms with Gasteiger partial charge in [0.15, 0.2) is 0 Å². The number of halogens is 1. The smallest absolute Gasteiger partial charge is 0.230 e. The van der Waals surface area contributed by atoms with Gasteiger partial charge >= 0.3 is 0 Å². The molecule has 0 radical (unpaired) electrons. The molecule has 4 nitrogen and oxygen atoms in total. The quantitative estimate of drug-likeness (QED) is 0.835. The fourth-order valence-electron chi connectivity index (χ4n) is 3.45. The molecule has 1 heterocycles. The van der Waals surface area contributed by atoms with Crippen LogP contribution in [-0.2, 0) is 14.9 Å². The van der Waals surface area contributed by atoms with Crippen molar-refractivity contribution in [2.24, 2.45) is 5.92 Å². The Balaban J connectivity index is 1.49. The summed E-state index contributed by atoms with van der Waals surface area (Å²) in [6, 6.07) is 6.36. The first-order valence-corrected chi connectivity index (χ1v) is 8.40. The zero-order valence-electron chi connectivity index (χ0n) is 13.7. The van der Waals surface area contributed by atoms with E-state index in [1.54, 1.807) is 19.2 Å². The van der Waals surface area contributed by atoms with Crippen molar-refractivity contribution in [1.29, 1.82) is 0 Å². The van der Waals surface area contributed by atoms with Gasteiger partial charge in [0.1, 0.15) is 5.82 Å². The lowest BCUT2D eigenvalue weighted by atomic mass is 9.94. The molecule has 1 atom stereocenters. The molecular weight excluding hydrogens is 295 g/mol. The minimum Gasteiger partial charge on any atom is -0.383 e. The van der Waals surface area contributed by atoms with Crippen molar-refractivity contribution >= 4 is 5.91 Å². The molecule has 1 amide bonds. The summed E-state index contributed by atoms with van der Waals surface area (Å²) < 4.78 is 18.2. The molecule has 1 aliphatic heterocycles. The van der Waals surface area contributed by atoms with Gasteiger partial charge in [0.05, 0.1) is 12.0 Å². The van der Waals surface area contributed by atoms with Gasteiger partial charge in [-0.3, -0.25) is 4.79 Å². The number of carbonyl (C=O) groups is 1. The molecule has 1 saturated carbocycles. The first-order valence-electron chi connectivity index (χ1n) is 8.40. The van der Waals surface area contributed by atoms with E-state index in [4.69, 9.17) is 4.74 Å². The first-order chi connectivity index (χ1) is 11.1. The Morgan fingerprint density at radius 3 is 2.78 bits per heavy atom. The number of amides is 1. The highest BCUT2D eigenvalue weighted by atomic mass is 19.1. The number of rotatable bonds is 7. The predicted octanol–water partition coefficient (Wildman–Crippen LogP) is 1.94.